The van der Waals surface area contributed by atoms with Gasteiger partial charge in [0, 0.05) is 18.7 Å². The van der Waals surface area contributed by atoms with E-state index in [-0.39, 0.29) is 29.9 Å². The summed E-state index contributed by atoms with van der Waals surface area (Å²) in [5.41, 5.74) is 0.678. The Balaban J connectivity index is 2.13. The van der Waals surface area contributed by atoms with Gasteiger partial charge in [-0.2, -0.15) is 0 Å². The number of hydrogen-bond donors (Lipinski definition) is 1. The number of nitrogens with one attached hydrogen (secondary N) is 1. The maximum absolute atomic E-state index is 12.9. The zero-order valence-corrected chi connectivity index (χ0v) is 13.1. The van der Waals surface area contributed by atoms with Crippen LogP contribution in [0.1, 0.15) is 24.4 Å². The van der Waals surface area contributed by atoms with E-state index in [1.165, 1.54) is 17.0 Å². The molecule has 0 aliphatic heterocycles. The minimum atomic E-state index is -0.355. The quantitative estimate of drug-likeness (QED) is 0.891. The summed E-state index contributed by atoms with van der Waals surface area (Å²) in [6, 6.07) is 9.02. The van der Waals surface area contributed by atoms with Gasteiger partial charge in [-0.25, -0.2) is 4.39 Å². The van der Waals surface area contributed by atoms with Crippen molar-refractivity contribution in [2.24, 2.45) is 0 Å². The third kappa shape index (κ3) is 4.18. The molecule has 0 aliphatic rings. The fourth-order valence-corrected chi connectivity index (χ4v) is 2.13. The summed E-state index contributed by atoms with van der Waals surface area (Å²) in [4.78, 5) is 25.4. The molecule has 0 saturated carbocycles. The van der Waals surface area contributed by atoms with Crippen LogP contribution in [0, 0.1) is 5.82 Å². The number of rotatable bonds is 6. The fourth-order valence-electron chi connectivity index (χ4n) is 2.13. The average molecular weight is 318 g/mol. The Morgan fingerprint density at radius 1 is 1.13 bits per heavy atom. The standard InChI is InChI=1S/C17H19FN2O3/c1-3-19-16(21)11-20(4-2)17(22)15-10-9-14(23-15)12-5-7-13(18)8-6-12/h5-10H,3-4,11H2,1-2H3,(H,19,21). The van der Waals surface area contributed by atoms with Crippen LogP contribution >= 0.6 is 0 Å². The van der Waals surface area contributed by atoms with Crippen LogP contribution in [-0.4, -0.2) is 36.3 Å². The molecule has 2 rings (SSSR count). The summed E-state index contributed by atoms with van der Waals surface area (Å²) in [5, 5.41) is 2.65. The zero-order valence-electron chi connectivity index (χ0n) is 13.1. The van der Waals surface area contributed by atoms with E-state index in [9.17, 15) is 14.0 Å². The van der Waals surface area contributed by atoms with Crippen LogP contribution in [0.4, 0.5) is 4.39 Å². The Kier molecular flexibility index (Phi) is 5.51. The molecule has 0 radical (unpaired) electrons. The molecule has 2 amide bonds. The summed E-state index contributed by atoms with van der Waals surface area (Å²) in [7, 11) is 0. The molecule has 0 spiro atoms. The number of furan rings is 1. The van der Waals surface area contributed by atoms with Gasteiger partial charge in [0.05, 0.1) is 6.54 Å². The van der Waals surface area contributed by atoms with E-state index in [2.05, 4.69) is 5.32 Å². The summed E-state index contributed by atoms with van der Waals surface area (Å²) < 4.78 is 18.5. The van der Waals surface area contributed by atoms with Crippen molar-refractivity contribution >= 4 is 11.8 Å². The van der Waals surface area contributed by atoms with Gasteiger partial charge in [-0.05, 0) is 50.2 Å². The van der Waals surface area contributed by atoms with Crippen LogP contribution in [0.3, 0.4) is 0 Å². The van der Waals surface area contributed by atoms with Gasteiger partial charge in [-0.15, -0.1) is 0 Å². The van der Waals surface area contributed by atoms with Crippen LogP contribution in [0.25, 0.3) is 11.3 Å². The number of hydrogen-bond acceptors (Lipinski definition) is 3. The minimum absolute atomic E-state index is 0.0181. The first-order valence-corrected chi connectivity index (χ1v) is 7.46. The molecule has 0 unspecified atom stereocenters. The Hall–Kier alpha value is -2.63. The monoisotopic (exact) mass is 318 g/mol. The Morgan fingerprint density at radius 3 is 2.43 bits per heavy atom. The molecule has 0 bridgehead atoms. The lowest BCUT2D eigenvalue weighted by Crippen LogP contribution is -2.40. The number of nitrogens with zero attached hydrogens (tertiary/aromatic N) is 1. The zero-order chi connectivity index (χ0) is 16.8. The molecule has 0 atom stereocenters. The van der Waals surface area contributed by atoms with Crippen LogP contribution < -0.4 is 5.32 Å². The molecule has 2 aromatic rings. The van der Waals surface area contributed by atoms with Gasteiger partial charge in [0.1, 0.15) is 11.6 Å². The molecule has 1 N–H and O–H groups in total. The number of likely N-dealkylation sites (N-methyl/N-ethyl adjacent to an activating group) is 2. The molecular formula is C17H19FN2O3. The van der Waals surface area contributed by atoms with Crippen molar-refractivity contribution in [3.8, 4) is 11.3 Å². The van der Waals surface area contributed by atoms with Crippen molar-refractivity contribution < 1.29 is 18.4 Å². The fraction of sp³-hybridized carbons (Fsp3) is 0.294. The Labute approximate surface area is 134 Å². The van der Waals surface area contributed by atoms with Crippen molar-refractivity contribution in [2.75, 3.05) is 19.6 Å². The van der Waals surface area contributed by atoms with E-state index in [1.807, 2.05) is 6.92 Å². The second-order valence-electron chi connectivity index (χ2n) is 4.94. The molecule has 0 saturated heterocycles. The minimum Gasteiger partial charge on any atom is -0.451 e. The second kappa shape index (κ2) is 7.58. The highest BCUT2D eigenvalue weighted by Crippen LogP contribution is 2.23. The lowest BCUT2D eigenvalue weighted by molar-refractivity contribution is -0.121. The SMILES string of the molecule is CCNC(=O)CN(CC)C(=O)c1ccc(-c2ccc(F)cc2)o1. The maximum Gasteiger partial charge on any atom is 0.290 e. The first-order valence-electron chi connectivity index (χ1n) is 7.46. The van der Waals surface area contributed by atoms with E-state index in [1.54, 1.807) is 31.2 Å². The third-order valence-electron chi connectivity index (χ3n) is 3.32. The van der Waals surface area contributed by atoms with Gasteiger partial charge < -0.3 is 14.6 Å². The Morgan fingerprint density at radius 2 is 1.83 bits per heavy atom. The van der Waals surface area contributed by atoms with E-state index < -0.39 is 0 Å². The first-order chi connectivity index (χ1) is 11.0. The Bertz CT molecular complexity index is 679. The van der Waals surface area contributed by atoms with Gasteiger partial charge >= 0.3 is 0 Å². The molecule has 1 aromatic carbocycles. The molecule has 1 aromatic heterocycles. The second-order valence-corrected chi connectivity index (χ2v) is 4.94. The van der Waals surface area contributed by atoms with Gasteiger partial charge in [-0.1, -0.05) is 0 Å². The molecule has 23 heavy (non-hydrogen) atoms. The van der Waals surface area contributed by atoms with E-state index in [0.717, 1.165) is 0 Å². The largest absolute Gasteiger partial charge is 0.451 e. The molecular weight excluding hydrogens is 299 g/mol. The number of carbonyl (C=O) groups is 2. The topological polar surface area (TPSA) is 62.6 Å². The van der Waals surface area contributed by atoms with Crippen molar-refractivity contribution in [1.29, 1.82) is 0 Å². The number of benzene rings is 1. The molecule has 0 fully saturated rings. The normalized spacial score (nSPS) is 10.4. The van der Waals surface area contributed by atoms with Crippen molar-refractivity contribution in [2.45, 2.75) is 13.8 Å². The average Bonchev–Trinajstić information content (AvgIpc) is 3.03. The van der Waals surface area contributed by atoms with Crippen molar-refractivity contribution in [3.05, 3.63) is 48.0 Å². The van der Waals surface area contributed by atoms with Crippen molar-refractivity contribution in [3.63, 3.8) is 0 Å². The van der Waals surface area contributed by atoms with Gasteiger partial charge in [-0.3, -0.25) is 9.59 Å². The van der Waals surface area contributed by atoms with Crippen LogP contribution in [0.5, 0.6) is 0 Å². The highest BCUT2D eigenvalue weighted by atomic mass is 19.1. The maximum atomic E-state index is 12.9. The number of halogens is 1. The van der Waals surface area contributed by atoms with Crippen LogP contribution in [-0.2, 0) is 4.79 Å². The molecule has 6 heteroatoms. The lowest BCUT2D eigenvalue weighted by atomic mass is 10.2. The highest BCUT2D eigenvalue weighted by Gasteiger charge is 2.20. The number of carbonyl (C=O) groups excluding carboxylic acids is 2. The van der Waals surface area contributed by atoms with E-state index in [0.29, 0.717) is 24.4 Å². The van der Waals surface area contributed by atoms with Gasteiger partial charge in [0.25, 0.3) is 5.91 Å². The molecule has 5 nitrogen and oxygen atoms in total. The molecule has 1 heterocycles. The summed E-state index contributed by atoms with van der Waals surface area (Å²) >= 11 is 0. The molecule has 0 aliphatic carbocycles. The first kappa shape index (κ1) is 16.7. The van der Waals surface area contributed by atoms with E-state index >= 15 is 0 Å². The number of amides is 2. The predicted octanol–water partition coefficient (Wildman–Crippen LogP) is 2.68. The molecule has 122 valence electrons. The van der Waals surface area contributed by atoms with Gasteiger partial charge in [0.15, 0.2) is 5.76 Å². The smallest absolute Gasteiger partial charge is 0.290 e. The summed E-state index contributed by atoms with van der Waals surface area (Å²) in [5.74, 6) is -0.284. The summed E-state index contributed by atoms with van der Waals surface area (Å²) in [6.45, 7) is 4.50. The lowest BCUT2D eigenvalue weighted by Gasteiger charge is -2.18. The third-order valence-corrected chi connectivity index (χ3v) is 3.32. The highest BCUT2D eigenvalue weighted by molar-refractivity contribution is 5.94. The van der Waals surface area contributed by atoms with Gasteiger partial charge in [0.2, 0.25) is 5.91 Å². The van der Waals surface area contributed by atoms with Crippen LogP contribution in [0.2, 0.25) is 0 Å². The summed E-state index contributed by atoms with van der Waals surface area (Å²) in [6.07, 6.45) is 0. The van der Waals surface area contributed by atoms with Crippen LogP contribution in [0.15, 0.2) is 40.8 Å². The predicted molar refractivity (Wildman–Crippen MR) is 84.4 cm³/mol. The van der Waals surface area contributed by atoms with E-state index in [4.69, 9.17) is 4.42 Å². The van der Waals surface area contributed by atoms with Crippen molar-refractivity contribution in [1.82, 2.24) is 10.2 Å².